The smallest absolute Gasteiger partial charge is 0.238 e. The zero-order valence-corrected chi connectivity index (χ0v) is 37.4. The molecule has 9 nitrogen and oxygen atoms in total. The molecule has 0 saturated carbocycles. The Bertz CT molecular complexity index is 4160. The number of benzene rings is 9. The van der Waals surface area contributed by atoms with E-state index >= 15 is 0 Å². The number of para-hydroxylation sites is 2. The van der Waals surface area contributed by atoms with Crippen LogP contribution in [0.1, 0.15) is 5.56 Å². The van der Waals surface area contributed by atoms with Crippen molar-refractivity contribution in [2.45, 2.75) is 0 Å². The van der Waals surface area contributed by atoms with E-state index in [9.17, 15) is 5.26 Å². The molecule has 0 saturated heterocycles. The normalized spacial score (nSPS) is 11.4. The van der Waals surface area contributed by atoms with Crippen LogP contribution in [0.25, 0.3) is 123 Å². The van der Waals surface area contributed by atoms with E-state index in [1.807, 2.05) is 78.9 Å². The number of nitriles is 1. The Hall–Kier alpha value is -9.91. The Morgan fingerprint density at radius 3 is 1.24 bits per heavy atom. The van der Waals surface area contributed by atoms with Crippen LogP contribution in [0.5, 0.6) is 0 Å². The zero-order chi connectivity index (χ0) is 46.5. The number of hydrogen-bond donors (Lipinski definition) is 0. The van der Waals surface area contributed by atoms with E-state index in [0.717, 1.165) is 88.2 Å². The number of nitrogens with zero attached hydrogens (tertiary/aromatic N) is 9. The molecule has 0 radical (unpaired) electrons. The third-order valence-electron chi connectivity index (χ3n) is 12.9. The van der Waals surface area contributed by atoms with Crippen molar-refractivity contribution in [1.29, 1.82) is 5.26 Å². The lowest BCUT2D eigenvalue weighted by Crippen LogP contribution is -2.07. The van der Waals surface area contributed by atoms with Gasteiger partial charge in [-0.25, -0.2) is 19.9 Å². The van der Waals surface area contributed by atoms with Crippen molar-refractivity contribution < 1.29 is 0 Å². The fourth-order valence-electron chi connectivity index (χ4n) is 9.56. The van der Waals surface area contributed by atoms with Crippen molar-refractivity contribution in [1.82, 2.24) is 39.0 Å². The molecule has 0 unspecified atom stereocenters. The van der Waals surface area contributed by atoms with Crippen LogP contribution in [0.15, 0.2) is 224 Å². The first-order chi connectivity index (χ1) is 34.6. The molecular weight excluding hydrogens is 859 g/mol. The Labute approximate surface area is 402 Å². The summed E-state index contributed by atoms with van der Waals surface area (Å²) in [5.41, 5.74) is 12.1. The molecule has 13 rings (SSSR count). The van der Waals surface area contributed by atoms with E-state index in [-0.39, 0.29) is 0 Å². The third-order valence-corrected chi connectivity index (χ3v) is 12.9. The molecule has 4 aromatic heterocycles. The molecule has 0 atom stereocenters. The monoisotopic (exact) mass is 895 g/mol. The molecule has 0 aliphatic carbocycles. The molecule has 0 fully saturated rings. The summed E-state index contributed by atoms with van der Waals surface area (Å²) in [5.74, 6) is 3.30. The van der Waals surface area contributed by atoms with Crippen LogP contribution >= 0.6 is 0 Å². The summed E-state index contributed by atoms with van der Waals surface area (Å²) in [5, 5.41) is 13.9. The second-order valence-corrected chi connectivity index (χ2v) is 17.1. The van der Waals surface area contributed by atoms with Gasteiger partial charge >= 0.3 is 0 Å². The van der Waals surface area contributed by atoms with Crippen LogP contribution in [-0.4, -0.2) is 39.0 Å². The lowest BCUT2D eigenvalue weighted by molar-refractivity contribution is 0.953. The van der Waals surface area contributed by atoms with Crippen LogP contribution in [0.3, 0.4) is 0 Å². The Kier molecular flexibility index (Phi) is 9.66. The maximum Gasteiger partial charge on any atom is 0.238 e. The number of aromatic nitrogens is 8. The summed E-state index contributed by atoms with van der Waals surface area (Å²) in [7, 11) is 0. The van der Waals surface area contributed by atoms with Gasteiger partial charge in [-0.1, -0.05) is 158 Å². The van der Waals surface area contributed by atoms with Gasteiger partial charge in [0.25, 0.3) is 0 Å². The first kappa shape index (κ1) is 40.4. The lowest BCUT2D eigenvalue weighted by Gasteiger charge is -2.14. The number of hydrogen-bond acceptors (Lipinski definition) is 7. The van der Waals surface area contributed by atoms with E-state index in [2.05, 4.69) is 149 Å². The van der Waals surface area contributed by atoms with Crippen LogP contribution in [-0.2, 0) is 0 Å². The first-order valence-electron chi connectivity index (χ1n) is 23.0. The summed E-state index contributed by atoms with van der Waals surface area (Å²) < 4.78 is 4.57. The summed E-state index contributed by atoms with van der Waals surface area (Å²) in [6.07, 6.45) is 0. The van der Waals surface area contributed by atoms with Crippen LogP contribution < -0.4 is 0 Å². The zero-order valence-electron chi connectivity index (χ0n) is 37.4. The highest BCUT2D eigenvalue weighted by Crippen LogP contribution is 2.42. The van der Waals surface area contributed by atoms with Gasteiger partial charge in [-0.15, -0.1) is 0 Å². The maximum atomic E-state index is 9.48. The van der Waals surface area contributed by atoms with Crippen molar-refractivity contribution in [3.05, 3.63) is 230 Å². The van der Waals surface area contributed by atoms with Gasteiger partial charge in [-0.05, 0) is 77.9 Å². The minimum Gasteiger partial charge on any atom is -0.307 e. The Morgan fingerprint density at radius 1 is 0.300 bits per heavy atom. The Morgan fingerprint density at radius 2 is 0.700 bits per heavy atom. The Balaban J connectivity index is 1.03. The van der Waals surface area contributed by atoms with E-state index in [4.69, 9.17) is 29.9 Å². The van der Waals surface area contributed by atoms with Crippen molar-refractivity contribution in [2.24, 2.45) is 0 Å². The van der Waals surface area contributed by atoms with Crippen molar-refractivity contribution >= 4 is 43.6 Å². The first-order valence-corrected chi connectivity index (χ1v) is 23.0. The molecule has 0 aliphatic rings. The van der Waals surface area contributed by atoms with E-state index in [1.165, 1.54) is 0 Å². The third kappa shape index (κ3) is 6.95. The van der Waals surface area contributed by atoms with Crippen molar-refractivity contribution in [2.75, 3.05) is 0 Å². The van der Waals surface area contributed by atoms with Gasteiger partial charge in [-0.2, -0.15) is 15.2 Å². The highest BCUT2D eigenvalue weighted by Gasteiger charge is 2.24. The lowest BCUT2D eigenvalue weighted by atomic mass is 10.0. The minimum atomic E-state index is 0.516. The fraction of sp³-hybridized carbons (Fsp3) is 0. The predicted molar refractivity (Wildman–Crippen MR) is 279 cm³/mol. The largest absolute Gasteiger partial charge is 0.307 e. The molecule has 0 amide bonds. The van der Waals surface area contributed by atoms with Gasteiger partial charge in [0, 0.05) is 55.0 Å². The van der Waals surface area contributed by atoms with Gasteiger partial charge in [-0.3, -0.25) is 4.57 Å². The van der Waals surface area contributed by atoms with Crippen molar-refractivity contribution in [3.63, 3.8) is 0 Å². The molecule has 4 heterocycles. The van der Waals surface area contributed by atoms with Crippen LogP contribution in [0.2, 0.25) is 0 Å². The fourth-order valence-corrected chi connectivity index (χ4v) is 9.56. The minimum absolute atomic E-state index is 0.516. The van der Waals surface area contributed by atoms with Crippen molar-refractivity contribution in [3.8, 4) is 85.8 Å². The number of rotatable bonds is 8. The molecule has 13 aromatic rings. The maximum absolute atomic E-state index is 9.48. The topological polar surface area (TPSA) is 111 Å². The van der Waals surface area contributed by atoms with Gasteiger partial charge in [0.2, 0.25) is 5.95 Å². The molecule has 0 spiro atoms. The van der Waals surface area contributed by atoms with Gasteiger partial charge < -0.3 is 4.57 Å². The quantitative estimate of drug-likeness (QED) is 0.149. The molecule has 0 aliphatic heterocycles. The summed E-state index contributed by atoms with van der Waals surface area (Å²) >= 11 is 0. The summed E-state index contributed by atoms with van der Waals surface area (Å²) in [6.45, 7) is 0. The SMILES string of the molecule is N#Cc1ccc(-c2nc(-c3ccccc3)nc(-c3ccc(-n4c5ccccc5c5ccc6c7ccccc7n(-c7nc(-c8ccccc8)nc(-c8cccc(-c9ccccc9)c8)n7)c6c54)cc3)n2)cc1. The molecule has 70 heavy (non-hydrogen) atoms. The van der Waals surface area contributed by atoms with Gasteiger partial charge in [0.15, 0.2) is 29.1 Å². The molecular formula is C61H37N9. The van der Waals surface area contributed by atoms with Crippen LogP contribution in [0, 0.1) is 11.3 Å². The molecule has 9 aromatic carbocycles. The molecule has 0 N–H and O–H groups in total. The average molecular weight is 896 g/mol. The van der Waals surface area contributed by atoms with Gasteiger partial charge in [0.1, 0.15) is 0 Å². The second-order valence-electron chi connectivity index (χ2n) is 17.1. The molecule has 0 bridgehead atoms. The summed E-state index contributed by atoms with van der Waals surface area (Å²) in [6, 6.07) is 78.3. The van der Waals surface area contributed by atoms with E-state index in [0.29, 0.717) is 40.6 Å². The highest BCUT2D eigenvalue weighted by atomic mass is 15.2. The standard InChI is InChI=1S/C61H37N9/c62-38-39-27-29-43(30-28-39)57-63-56(41-17-6-2-7-18-41)64-58(65-57)44-31-33-47(34-32-44)69-52-25-12-10-23-48(52)50-35-36-51-49-24-11-13-26-53(49)70(55(51)54(50)69)61-67-59(42-19-8-3-9-20-42)66-60(68-61)46-22-14-21-45(37-46)40-15-4-1-5-16-40/h1-37H. The molecule has 9 heteroatoms. The summed E-state index contributed by atoms with van der Waals surface area (Å²) in [4.78, 5) is 30.8. The van der Waals surface area contributed by atoms with E-state index in [1.54, 1.807) is 12.1 Å². The van der Waals surface area contributed by atoms with Crippen LogP contribution in [0.4, 0.5) is 0 Å². The number of fused-ring (bicyclic) bond motifs is 7. The highest BCUT2D eigenvalue weighted by molar-refractivity contribution is 6.23. The van der Waals surface area contributed by atoms with Gasteiger partial charge in [0.05, 0.1) is 33.7 Å². The molecule has 326 valence electrons. The second kappa shape index (κ2) is 16.8. The average Bonchev–Trinajstić information content (AvgIpc) is 3.97. The van der Waals surface area contributed by atoms with E-state index < -0.39 is 0 Å². The predicted octanol–water partition coefficient (Wildman–Crippen LogP) is 14.1.